The molecule has 0 spiro atoms. The van der Waals surface area contributed by atoms with Crippen molar-refractivity contribution in [1.82, 2.24) is 25.2 Å². The lowest BCUT2D eigenvalue weighted by Gasteiger charge is -2.43. The molecule has 2 heterocycles. The molecule has 8 heteroatoms. The lowest BCUT2D eigenvalue weighted by Crippen LogP contribution is -2.62. The van der Waals surface area contributed by atoms with Gasteiger partial charge in [0.1, 0.15) is 0 Å². The van der Waals surface area contributed by atoms with Crippen molar-refractivity contribution in [3.05, 3.63) is 35.7 Å². The lowest BCUT2D eigenvalue weighted by atomic mass is 10.00. The highest BCUT2D eigenvalue weighted by Crippen LogP contribution is 2.33. The number of likely N-dealkylation sites (tertiary alicyclic amines) is 1. The van der Waals surface area contributed by atoms with E-state index in [2.05, 4.69) is 33.5 Å². The summed E-state index contributed by atoms with van der Waals surface area (Å²) in [5.74, 6) is 1.36. The number of rotatable bonds is 8. The van der Waals surface area contributed by atoms with E-state index in [4.69, 9.17) is 9.47 Å². The number of carbonyl (C=O) groups excluding carboxylic acids is 1. The molecule has 2 fully saturated rings. The van der Waals surface area contributed by atoms with Crippen LogP contribution >= 0.6 is 0 Å². The first kappa shape index (κ1) is 18.7. The minimum Gasteiger partial charge on any atom is -0.493 e. The van der Waals surface area contributed by atoms with E-state index in [1.54, 1.807) is 25.1 Å². The Balaban J connectivity index is 1.25. The minimum atomic E-state index is -0.135. The topological polar surface area (TPSA) is 81.5 Å². The van der Waals surface area contributed by atoms with Gasteiger partial charge >= 0.3 is 0 Å². The zero-order valence-corrected chi connectivity index (χ0v) is 16.6. The summed E-state index contributed by atoms with van der Waals surface area (Å²) < 4.78 is 12.5. The van der Waals surface area contributed by atoms with E-state index >= 15 is 0 Å². The molecule has 1 saturated heterocycles. The molecular formula is C20H27N5O3. The summed E-state index contributed by atoms with van der Waals surface area (Å²) in [6.07, 6.45) is 4.92. The standard InChI is InChI=1S/C20H27N5O3/c1-13(8-14-4-7-18(27-2)19(9-14)28-3)24-10-15(11-24)21-20(26)17-12-25(23-22-17)16-5-6-16/h4,7,9,12-13,15-16H,5-6,8,10-11H2,1-3H3,(H,21,26). The third kappa shape index (κ3) is 3.96. The van der Waals surface area contributed by atoms with Crippen molar-refractivity contribution in [1.29, 1.82) is 0 Å². The number of carbonyl (C=O) groups is 1. The van der Waals surface area contributed by atoms with Crippen LogP contribution in [0, 0.1) is 0 Å². The number of hydrogen-bond donors (Lipinski definition) is 1. The Labute approximate surface area is 164 Å². The number of ether oxygens (including phenoxy) is 2. The van der Waals surface area contributed by atoms with E-state index in [1.165, 1.54) is 5.56 Å². The van der Waals surface area contributed by atoms with Crippen LogP contribution in [0.3, 0.4) is 0 Å². The van der Waals surface area contributed by atoms with E-state index in [0.29, 0.717) is 17.8 Å². The average molecular weight is 385 g/mol. The summed E-state index contributed by atoms with van der Waals surface area (Å²) in [5, 5.41) is 11.1. The van der Waals surface area contributed by atoms with Crippen LogP contribution in [0.4, 0.5) is 0 Å². The number of benzene rings is 1. The normalized spacial score (nSPS) is 18.4. The number of aromatic nitrogens is 3. The lowest BCUT2D eigenvalue weighted by molar-refractivity contribution is 0.0673. The Hall–Kier alpha value is -2.61. The quantitative estimate of drug-likeness (QED) is 0.745. The van der Waals surface area contributed by atoms with E-state index in [9.17, 15) is 4.79 Å². The molecule has 2 aromatic rings. The molecule has 1 unspecified atom stereocenters. The van der Waals surface area contributed by atoms with Crippen molar-refractivity contribution in [2.24, 2.45) is 0 Å². The van der Waals surface area contributed by atoms with Crippen LogP contribution < -0.4 is 14.8 Å². The van der Waals surface area contributed by atoms with Crippen molar-refractivity contribution in [3.8, 4) is 11.5 Å². The average Bonchev–Trinajstić information content (AvgIpc) is 3.40. The second-order valence-electron chi connectivity index (χ2n) is 7.68. The fourth-order valence-corrected chi connectivity index (χ4v) is 3.60. The van der Waals surface area contributed by atoms with Gasteiger partial charge in [0.25, 0.3) is 5.91 Å². The Kier molecular flexibility index (Phi) is 5.21. The zero-order chi connectivity index (χ0) is 19.7. The molecule has 2 aliphatic rings. The van der Waals surface area contributed by atoms with Gasteiger partial charge in [-0.3, -0.25) is 9.69 Å². The molecule has 1 aliphatic carbocycles. The third-order valence-corrected chi connectivity index (χ3v) is 5.51. The predicted octanol–water partition coefficient (Wildman–Crippen LogP) is 1.68. The fourth-order valence-electron chi connectivity index (χ4n) is 3.60. The first-order valence-corrected chi connectivity index (χ1v) is 9.75. The number of amides is 1. The summed E-state index contributed by atoms with van der Waals surface area (Å²) in [5.41, 5.74) is 1.61. The molecule has 1 atom stereocenters. The van der Waals surface area contributed by atoms with Gasteiger partial charge in [-0.2, -0.15) is 0 Å². The van der Waals surface area contributed by atoms with Gasteiger partial charge < -0.3 is 14.8 Å². The SMILES string of the molecule is COc1ccc(CC(C)N2CC(NC(=O)c3cn(C4CC4)nn3)C2)cc1OC. The third-order valence-electron chi connectivity index (χ3n) is 5.51. The van der Waals surface area contributed by atoms with Gasteiger partial charge in [-0.1, -0.05) is 11.3 Å². The van der Waals surface area contributed by atoms with E-state index in [0.717, 1.165) is 43.9 Å². The summed E-state index contributed by atoms with van der Waals surface area (Å²) in [6, 6.07) is 7.01. The second-order valence-corrected chi connectivity index (χ2v) is 7.68. The maximum absolute atomic E-state index is 12.3. The zero-order valence-electron chi connectivity index (χ0n) is 16.6. The van der Waals surface area contributed by atoms with Crippen LogP contribution in [-0.2, 0) is 6.42 Å². The molecule has 1 amide bonds. The first-order valence-electron chi connectivity index (χ1n) is 9.75. The number of nitrogens with zero attached hydrogens (tertiary/aromatic N) is 4. The van der Waals surface area contributed by atoms with Crippen LogP contribution in [0.5, 0.6) is 11.5 Å². The summed E-state index contributed by atoms with van der Waals surface area (Å²) in [4.78, 5) is 14.7. The van der Waals surface area contributed by atoms with Crippen LogP contribution in [0.2, 0.25) is 0 Å². The van der Waals surface area contributed by atoms with E-state index in [1.807, 2.05) is 12.1 Å². The molecule has 1 saturated carbocycles. The Bertz CT molecular complexity index is 842. The summed E-state index contributed by atoms with van der Waals surface area (Å²) >= 11 is 0. The highest BCUT2D eigenvalue weighted by atomic mass is 16.5. The maximum Gasteiger partial charge on any atom is 0.273 e. The Morgan fingerprint density at radius 3 is 2.68 bits per heavy atom. The molecule has 28 heavy (non-hydrogen) atoms. The molecule has 1 aliphatic heterocycles. The first-order chi connectivity index (χ1) is 13.6. The van der Waals surface area contributed by atoms with Gasteiger partial charge in [0.15, 0.2) is 17.2 Å². The molecule has 0 radical (unpaired) electrons. The summed E-state index contributed by atoms with van der Waals surface area (Å²) in [7, 11) is 3.29. The van der Waals surface area contributed by atoms with Crippen molar-refractivity contribution >= 4 is 5.91 Å². The fraction of sp³-hybridized carbons (Fsp3) is 0.550. The van der Waals surface area contributed by atoms with Crippen molar-refractivity contribution in [2.75, 3.05) is 27.3 Å². The van der Waals surface area contributed by atoms with Gasteiger partial charge in [0.2, 0.25) is 0 Å². The van der Waals surface area contributed by atoms with Gasteiger partial charge in [0.05, 0.1) is 32.5 Å². The molecule has 0 bridgehead atoms. The Morgan fingerprint density at radius 1 is 1.25 bits per heavy atom. The molecular weight excluding hydrogens is 358 g/mol. The van der Waals surface area contributed by atoms with Crippen LogP contribution in [-0.4, -0.2) is 65.2 Å². The molecule has 1 aromatic heterocycles. The van der Waals surface area contributed by atoms with E-state index in [-0.39, 0.29) is 11.9 Å². The predicted molar refractivity (Wildman–Crippen MR) is 104 cm³/mol. The van der Waals surface area contributed by atoms with Crippen LogP contribution in [0.15, 0.2) is 24.4 Å². The van der Waals surface area contributed by atoms with Crippen molar-refractivity contribution < 1.29 is 14.3 Å². The van der Waals surface area contributed by atoms with Crippen molar-refractivity contribution in [3.63, 3.8) is 0 Å². The number of hydrogen-bond acceptors (Lipinski definition) is 6. The number of nitrogens with one attached hydrogen (secondary N) is 1. The highest BCUT2D eigenvalue weighted by Gasteiger charge is 2.32. The highest BCUT2D eigenvalue weighted by molar-refractivity contribution is 5.92. The molecule has 1 aromatic carbocycles. The van der Waals surface area contributed by atoms with Gasteiger partial charge in [0, 0.05) is 19.1 Å². The van der Waals surface area contributed by atoms with Gasteiger partial charge in [-0.05, 0) is 43.9 Å². The Morgan fingerprint density at radius 2 is 2.00 bits per heavy atom. The van der Waals surface area contributed by atoms with Crippen molar-refractivity contribution in [2.45, 2.75) is 44.3 Å². The van der Waals surface area contributed by atoms with E-state index < -0.39 is 0 Å². The van der Waals surface area contributed by atoms with Crippen LogP contribution in [0.1, 0.15) is 41.9 Å². The van der Waals surface area contributed by atoms with Crippen LogP contribution in [0.25, 0.3) is 0 Å². The van der Waals surface area contributed by atoms with Gasteiger partial charge in [-0.15, -0.1) is 5.10 Å². The van der Waals surface area contributed by atoms with Gasteiger partial charge in [-0.25, -0.2) is 4.68 Å². The molecule has 4 rings (SSSR count). The maximum atomic E-state index is 12.3. The minimum absolute atomic E-state index is 0.135. The molecule has 1 N–H and O–H groups in total. The molecule has 8 nitrogen and oxygen atoms in total. The smallest absolute Gasteiger partial charge is 0.273 e. The largest absolute Gasteiger partial charge is 0.493 e. The summed E-state index contributed by atoms with van der Waals surface area (Å²) in [6.45, 7) is 3.89. The molecule has 150 valence electrons. The second kappa shape index (κ2) is 7.79. The number of methoxy groups -OCH3 is 2. The monoisotopic (exact) mass is 385 g/mol.